The second kappa shape index (κ2) is 10.6. The van der Waals surface area contributed by atoms with Crippen LogP contribution in [-0.2, 0) is 20.7 Å². The number of hydrogen-bond donors (Lipinski definition) is 1. The van der Waals surface area contributed by atoms with Crippen LogP contribution in [0.15, 0.2) is 53.1 Å². The molecule has 9 heteroatoms. The van der Waals surface area contributed by atoms with Crippen LogP contribution in [0.5, 0.6) is 5.75 Å². The lowest BCUT2D eigenvalue weighted by atomic mass is 10.2. The van der Waals surface area contributed by atoms with Gasteiger partial charge < -0.3 is 19.3 Å². The fourth-order valence-corrected chi connectivity index (χ4v) is 2.80. The van der Waals surface area contributed by atoms with E-state index < -0.39 is 18.0 Å². The number of rotatable bonds is 9. The number of para-hydroxylation sites is 2. The van der Waals surface area contributed by atoms with Gasteiger partial charge in [0.25, 0.3) is 5.91 Å². The van der Waals surface area contributed by atoms with Crippen molar-refractivity contribution in [2.75, 3.05) is 11.9 Å². The second-order valence-electron chi connectivity index (χ2n) is 6.57. The summed E-state index contributed by atoms with van der Waals surface area (Å²) in [5.74, 6) is 0.241. The van der Waals surface area contributed by atoms with Gasteiger partial charge in [-0.05, 0) is 50.2 Å². The molecular weight excluding hydrogens is 422 g/mol. The smallest absolute Gasteiger partial charge is 0.307 e. The average Bonchev–Trinajstić information content (AvgIpc) is 3.23. The Morgan fingerprint density at radius 2 is 1.90 bits per heavy atom. The molecule has 0 aliphatic rings. The number of carbonyl (C=O) groups is 2. The molecule has 0 radical (unpaired) electrons. The van der Waals surface area contributed by atoms with Gasteiger partial charge in [0.05, 0.1) is 18.7 Å². The molecule has 1 heterocycles. The molecular formula is C22H22ClN3O5. The fraction of sp³-hybridized carbons (Fsp3) is 0.273. The highest BCUT2D eigenvalue weighted by Gasteiger charge is 2.20. The Morgan fingerprint density at radius 3 is 2.65 bits per heavy atom. The standard InChI is InChI=1S/C22H22ClN3O5/c1-3-29-18-7-5-4-6-17(18)24-22(28)14(2)30-20(27)13-12-19-25-21(26-31-19)15-8-10-16(23)11-9-15/h4-11,14H,3,12-13H2,1-2H3,(H,24,28). The zero-order chi connectivity index (χ0) is 22.2. The molecule has 0 aliphatic heterocycles. The molecule has 31 heavy (non-hydrogen) atoms. The molecule has 0 saturated carbocycles. The van der Waals surface area contributed by atoms with E-state index in [4.69, 9.17) is 25.6 Å². The minimum absolute atomic E-state index is 0.00456. The molecule has 1 atom stereocenters. The number of aromatic nitrogens is 2. The summed E-state index contributed by atoms with van der Waals surface area (Å²) in [6, 6.07) is 14.0. The molecule has 0 fully saturated rings. The van der Waals surface area contributed by atoms with Gasteiger partial charge in [-0.3, -0.25) is 9.59 Å². The quantitative estimate of drug-likeness (QED) is 0.492. The van der Waals surface area contributed by atoms with Gasteiger partial charge in [-0.15, -0.1) is 0 Å². The van der Waals surface area contributed by atoms with Gasteiger partial charge in [-0.25, -0.2) is 0 Å². The Balaban J connectivity index is 1.49. The summed E-state index contributed by atoms with van der Waals surface area (Å²) in [7, 11) is 0. The number of nitrogens with one attached hydrogen (secondary N) is 1. The first-order valence-corrected chi connectivity index (χ1v) is 10.1. The normalized spacial score (nSPS) is 11.6. The number of esters is 1. The Hall–Kier alpha value is -3.39. The van der Waals surface area contributed by atoms with E-state index in [2.05, 4.69) is 15.5 Å². The van der Waals surface area contributed by atoms with E-state index in [9.17, 15) is 9.59 Å². The highest BCUT2D eigenvalue weighted by atomic mass is 35.5. The maximum atomic E-state index is 12.4. The molecule has 3 rings (SSSR count). The monoisotopic (exact) mass is 443 g/mol. The molecule has 0 aliphatic carbocycles. The first kappa shape index (κ1) is 22.3. The van der Waals surface area contributed by atoms with Crippen LogP contribution in [0.2, 0.25) is 5.02 Å². The molecule has 0 bridgehead atoms. The minimum Gasteiger partial charge on any atom is -0.492 e. The van der Waals surface area contributed by atoms with Crippen LogP contribution in [0.3, 0.4) is 0 Å². The third kappa shape index (κ3) is 6.29. The molecule has 0 spiro atoms. The molecule has 0 saturated heterocycles. The Labute approximate surface area is 184 Å². The van der Waals surface area contributed by atoms with Crippen molar-refractivity contribution in [1.29, 1.82) is 0 Å². The second-order valence-corrected chi connectivity index (χ2v) is 7.01. The van der Waals surface area contributed by atoms with Crippen LogP contribution in [0.25, 0.3) is 11.4 Å². The van der Waals surface area contributed by atoms with Crippen LogP contribution >= 0.6 is 11.6 Å². The highest BCUT2D eigenvalue weighted by molar-refractivity contribution is 6.30. The number of ether oxygens (including phenoxy) is 2. The van der Waals surface area contributed by atoms with Crippen molar-refractivity contribution in [1.82, 2.24) is 10.1 Å². The highest BCUT2D eigenvalue weighted by Crippen LogP contribution is 2.24. The summed E-state index contributed by atoms with van der Waals surface area (Å²) >= 11 is 5.87. The predicted octanol–water partition coefficient (Wildman–Crippen LogP) is 4.29. The third-order valence-electron chi connectivity index (χ3n) is 4.24. The van der Waals surface area contributed by atoms with E-state index in [1.54, 1.807) is 48.5 Å². The first-order valence-electron chi connectivity index (χ1n) is 9.77. The van der Waals surface area contributed by atoms with Crippen molar-refractivity contribution < 1.29 is 23.6 Å². The Morgan fingerprint density at radius 1 is 1.16 bits per heavy atom. The number of anilines is 1. The fourth-order valence-electron chi connectivity index (χ4n) is 2.68. The van der Waals surface area contributed by atoms with Crippen molar-refractivity contribution in [2.45, 2.75) is 32.8 Å². The summed E-state index contributed by atoms with van der Waals surface area (Å²) < 4.78 is 15.9. The SMILES string of the molecule is CCOc1ccccc1NC(=O)C(C)OC(=O)CCc1nc(-c2ccc(Cl)cc2)no1. The summed E-state index contributed by atoms with van der Waals surface area (Å²) in [5, 5.41) is 7.21. The van der Waals surface area contributed by atoms with E-state index in [0.717, 1.165) is 5.56 Å². The Bertz CT molecular complexity index is 1040. The molecule has 3 aromatic rings. The lowest BCUT2D eigenvalue weighted by Gasteiger charge is -2.15. The molecule has 1 amide bonds. The van der Waals surface area contributed by atoms with Gasteiger partial charge in [0.2, 0.25) is 11.7 Å². The number of aryl methyl sites for hydroxylation is 1. The number of carbonyl (C=O) groups excluding carboxylic acids is 2. The van der Waals surface area contributed by atoms with E-state index in [-0.39, 0.29) is 12.8 Å². The van der Waals surface area contributed by atoms with Crippen LogP contribution < -0.4 is 10.1 Å². The van der Waals surface area contributed by atoms with Crippen molar-refractivity contribution in [3.63, 3.8) is 0 Å². The molecule has 162 valence electrons. The maximum absolute atomic E-state index is 12.4. The predicted molar refractivity (Wildman–Crippen MR) is 115 cm³/mol. The topological polar surface area (TPSA) is 104 Å². The summed E-state index contributed by atoms with van der Waals surface area (Å²) in [6.45, 7) is 3.82. The summed E-state index contributed by atoms with van der Waals surface area (Å²) in [6.07, 6.45) is -0.787. The molecule has 1 unspecified atom stereocenters. The number of halogens is 1. The number of benzene rings is 2. The maximum Gasteiger partial charge on any atom is 0.307 e. The van der Waals surface area contributed by atoms with Gasteiger partial charge in [-0.1, -0.05) is 28.9 Å². The third-order valence-corrected chi connectivity index (χ3v) is 4.49. The van der Waals surface area contributed by atoms with Crippen LogP contribution in [0.4, 0.5) is 5.69 Å². The van der Waals surface area contributed by atoms with Crippen LogP contribution in [0, 0.1) is 0 Å². The number of amides is 1. The summed E-state index contributed by atoms with van der Waals surface area (Å²) in [4.78, 5) is 28.8. The zero-order valence-corrected chi connectivity index (χ0v) is 17.9. The largest absolute Gasteiger partial charge is 0.492 e. The van der Waals surface area contributed by atoms with Crippen LogP contribution in [-0.4, -0.2) is 34.7 Å². The van der Waals surface area contributed by atoms with Crippen molar-refractivity contribution >= 4 is 29.2 Å². The lowest BCUT2D eigenvalue weighted by molar-refractivity contribution is -0.153. The summed E-state index contributed by atoms with van der Waals surface area (Å²) in [5.41, 5.74) is 1.26. The number of nitrogens with zero attached hydrogens (tertiary/aromatic N) is 2. The zero-order valence-electron chi connectivity index (χ0n) is 17.1. The minimum atomic E-state index is -0.977. The number of hydrogen-bond acceptors (Lipinski definition) is 7. The van der Waals surface area contributed by atoms with Gasteiger partial charge in [-0.2, -0.15) is 4.98 Å². The van der Waals surface area contributed by atoms with E-state index >= 15 is 0 Å². The lowest BCUT2D eigenvalue weighted by Crippen LogP contribution is -2.30. The molecule has 1 aromatic heterocycles. The van der Waals surface area contributed by atoms with Crippen LogP contribution in [0.1, 0.15) is 26.2 Å². The van der Waals surface area contributed by atoms with E-state index in [0.29, 0.717) is 34.8 Å². The van der Waals surface area contributed by atoms with E-state index in [1.807, 2.05) is 6.92 Å². The van der Waals surface area contributed by atoms with Crippen molar-refractivity contribution in [3.8, 4) is 17.1 Å². The molecule has 2 aromatic carbocycles. The molecule has 1 N–H and O–H groups in total. The van der Waals surface area contributed by atoms with Crippen molar-refractivity contribution in [2.24, 2.45) is 0 Å². The van der Waals surface area contributed by atoms with Crippen molar-refractivity contribution in [3.05, 3.63) is 59.4 Å². The van der Waals surface area contributed by atoms with Gasteiger partial charge in [0, 0.05) is 17.0 Å². The molecule has 8 nitrogen and oxygen atoms in total. The first-order chi connectivity index (χ1) is 15.0. The Kier molecular flexibility index (Phi) is 7.61. The van der Waals surface area contributed by atoms with E-state index in [1.165, 1.54) is 6.92 Å². The van der Waals surface area contributed by atoms with Gasteiger partial charge in [0.15, 0.2) is 6.10 Å². The average molecular weight is 444 g/mol. The van der Waals surface area contributed by atoms with Gasteiger partial charge >= 0.3 is 5.97 Å². The van der Waals surface area contributed by atoms with Gasteiger partial charge in [0.1, 0.15) is 5.75 Å².